The molecule has 1 rings (SSSR count). The van der Waals surface area contributed by atoms with Gasteiger partial charge in [-0.15, -0.1) is 0 Å². The smallest absolute Gasteiger partial charge is 0.0555 e. The van der Waals surface area contributed by atoms with Crippen LogP contribution < -0.4 is 10.6 Å². The van der Waals surface area contributed by atoms with Gasteiger partial charge >= 0.3 is 0 Å². The molecular formula is C11H17N2O. The van der Waals surface area contributed by atoms with Gasteiger partial charge in [-0.25, -0.2) is 0 Å². The van der Waals surface area contributed by atoms with E-state index in [9.17, 15) is 0 Å². The molecule has 0 atom stereocenters. The minimum absolute atomic E-state index is 0.194. The molecule has 1 aromatic carbocycles. The first-order valence-electron chi connectivity index (χ1n) is 4.86. The molecule has 0 aliphatic heterocycles. The largest absolute Gasteiger partial charge is 0.395 e. The van der Waals surface area contributed by atoms with Gasteiger partial charge < -0.3 is 15.7 Å². The van der Waals surface area contributed by atoms with Gasteiger partial charge in [0.15, 0.2) is 0 Å². The molecule has 0 aliphatic carbocycles. The fourth-order valence-electron chi connectivity index (χ4n) is 1.20. The minimum Gasteiger partial charge on any atom is -0.395 e. The lowest BCUT2D eigenvalue weighted by Crippen LogP contribution is -2.25. The van der Waals surface area contributed by atoms with E-state index in [2.05, 4.69) is 23.6 Å². The highest BCUT2D eigenvalue weighted by Gasteiger charge is 1.94. The highest BCUT2D eigenvalue weighted by molar-refractivity contribution is 5.49. The number of aliphatic hydroxyl groups is 1. The Morgan fingerprint density at radius 1 is 1.36 bits per heavy atom. The molecular weight excluding hydrogens is 176 g/mol. The fraction of sp³-hybridized carbons (Fsp3) is 0.455. The van der Waals surface area contributed by atoms with Crippen LogP contribution in [-0.2, 0) is 0 Å². The Bertz CT molecular complexity index is 263. The summed E-state index contributed by atoms with van der Waals surface area (Å²) in [7, 11) is 0. The number of rotatable bonds is 6. The molecule has 0 aromatic heterocycles. The van der Waals surface area contributed by atoms with Gasteiger partial charge in [-0.3, -0.25) is 0 Å². The highest BCUT2D eigenvalue weighted by Crippen LogP contribution is 2.11. The number of aliphatic hydroxyl groups excluding tert-OH is 1. The minimum atomic E-state index is 0.194. The van der Waals surface area contributed by atoms with Crippen LogP contribution in [0.3, 0.4) is 0 Å². The maximum absolute atomic E-state index is 8.54. The van der Waals surface area contributed by atoms with Crippen LogP contribution in [0.15, 0.2) is 18.2 Å². The van der Waals surface area contributed by atoms with E-state index < -0.39 is 0 Å². The van der Waals surface area contributed by atoms with E-state index >= 15 is 0 Å². The van der Waals surface area contributed by atoms with E-state index in [0.29, 0.717) is 6.54 Å². The molecule has 77 valence electrons. The predicted octanol–water partition coefficient (Wildman–Crippen LogP) is 0.789. The average molecular weight is 193 g/mol. The molecule has 0 unspecified atom stereocenters. The first-order chi connectivity index (χ1) is 6.84. The van der Waals surface area contributed by atoms with Gasteiger partial charge in [0.25, 0.3) is 0 Å². The van der Waals surface area contributed by atoms with Gasteiger partial charge in [0.05, 0.1) is 6.61 Å². The van der Waals surface area contributed by atoms with Gasteiger partial charge in [-0.05, 0) is 30.7 Å². The third kappa shape index (κ3) is 3.77. The lowest BCUT2D eigenvalue weighted by Gasteiger charge is -2.09. The van der Waals surface area contributed by atoms with Crippen molar-refractivity contribution in [3.8, 4) is 0 Å². The van der Waals surface area contributed by atoms with Crippen molar-refractivity contribution in [2.45, 2.75) is 6.92 Å². The Hall–Kier alpha value is -1.06. The average Bonchev–Trinajstić information content (AvgIpc) is 2.20. The summed E-state index contributed by atoms with van der Waals surface area (Å²) in [5, 5.41) is 15.0. The second-order valence-electron chi connectivity index (χ2n) is 3.14. The summed E-state index contributed by atoms with van der Waals surface area (Å²) >= 11 is 0. The van der Waals surface area contributed by atoms with E-state index in [1.165, 1.54) is 5.56 Å². The first kappa shape index (κ1) is 11.0. The topological polar surface area (TPSA) is 44.3 Å². The lowest BCUT2D eigenvalue weighted by atomic mass is 10.2. The van der Waals surface area contributed by atoms with Crippen molar-refractivity contribution in [3.63, 3.8) is 0 Å². The monoisotopic (exact) mass is 193 g/mol. The zero-order valence-electron chi connectivity index (χ0n) is 8.51. The van der Waals surface area contributed by atoms with Crippen LogP contribution in [0, 0.1) is 13.0 Å². The Labute approximate surface area is 85.2 Å². The molecule has 0 heterocycles. The van der Waals surface area contributed by atoms with Crippen LogP contribution in [0.2, 0.25) is 0 Å². The van der Waals surface area contributed by atoms with E-state index in [1.807, 2.05) is 18.2 Å². The number of hydrogen-bond acceptors (Lipinski definition) is 3. The van der Waals surface area contributed by atoms with Gasteiger partial charge in [-0.1, -0.05) is 6.07 Å². The molecule has 0 saturated heterocycles. The van der Waals surface area contributed by atoms with Gasteiger partial charge in [0.2, 0.25) is 0 Å². The zero-order valence-corrected chi connectivity index (χ0v) is 8.51. The molecule has 0 bridgehead atoms. The number of nitrogens with one attached hydrogen (secondary N) is 2. The third-order valence-corrected chi connectivity index (χ3v) is 1.98. The molecule has 3 nitrogen and oxygen atoms in total. The third-order valence-electron chi connectivity index (χ3n) is 1.98. The van der Waals surface area contributed by atoms with Gasteiger partial charge in [0.1, 0.15) is 0 Å². The van der Waals surface area contributed by atoms with Crippen molar-refractivity contribution in [1.29, 1.82) is 0 Å². The molecule has 1 radical (unpaired) electrons. The second-order valence-corrected chi connectivity index (χ2v) is 3.14. The molecule has 0 saturated carbocycles. The van der Waals surface area contributed by atoms with Crippen molar-refractivity contribution < 1.29 is 5.11 Å². The SMILES string of the molecule is Cc1c[c]ccc1NCCNCCO. The Kier molecular flexibility index (Phi) is 5.04. The van der Waals surface area contributed by atoms with Crippen molar-refractivity contribution in [1.82, 2.24) is 5.32 Å². The predicted molar refractivity (Wildman–Crippen MR) is 58.5 cm³/mol. The Morgan fingerprint density at radius 3 is 2.93 bits per heavy atom. The van der Waals surface area contributed by atoms with E-state index in [-0.39, 0.29) is 6.61 Å². The van der Waals surface area contributed by atoms with Crippen molar-refractivity contribution >= 4 is 5.69 Å². The van der Waals surface area contributed by atoms with Crippen LogP contribution >= 0.6 is 0 Å². The second kappa shape index (κ2) is 6.40. The number of anilines is 1. The summed E-state index contributed by atoms with van der Waals surface area (Å²) in [4.78, 5) is 0. The van der Waals surface area contributed by atoms with Crippen LogP contribution in [0.4, 0.5) is 5.69 Å². The van der Waals surface area contributed by atoms with Gasteiger partial charge in [-0.2, -0.15) is 0 Å². The zero-order chi connectivity index (χ0) is 10.2. The molecule has 0 fully saturated rings. The molecule has 0 amide bonds. The van der Waals surface area contributed by atoms with Crippen LogP contribution in [-0.4, -0.2) is 31.3 Å². The summed E-state index contributed by atoms with van der Waals surface area (Å²) < 4.78 is 0. The van der Waals surface area contributed by atoms with Crippen LogP contribution in [0.1, 0.15) is 5.56 Å². The number of aryl methyl sites for hydroxylation is 1. The van der Waals surface area contributed by atoms with Crippen molar-refractivity contribution in [3.05, 3.63) is 29.8 Å². The maximum atomic E-state index is 8.54. The standard InChI is InChI=1S/C11H17N2O/c1-10-4-2-3-5-11(10)13-7-6-12-8-9-14/h3-5,12-14H,6-9H2,1H3. The summed E-state index contributed by atoms with van der Waals surface area (Å²) in [6.07, 6.45) is 0. The molecule has 1 aromatic rings. The fourth-order valence-corrected chi connectivity index (χ4v) is 1.20. The van der Waals surface area contributed by atoms with Crippen molar-refractivity contribution in [2.24, 2.45) is 0 Å². The molecule has 0 spiro atoms. The van der Waals surface area contributed by atoms with Crippen LogP contribution in [0.25, 0.3) is 0 Å². The quantitative estimate of drug-likeness (QED) is 0.585. The summed E-state index contributed by atoms with van der Waals surface area (Å²) in [6, 6.07) is 8.90. The Balaban J connectivity index is 2.21. The molecule has 14 heavy (non-hydrogen) atoms. The summed E-state index contributed by atoms with van der Waals surface area (Å²) in [5.41, 5.74) is 2.35. The Morgan fingerprint density at radius 2 is 2.21 bits per heavy atom. The number of hydrogen-bond donors (Lipinski definition) is 3. The molecule has 3 heteroatoms. The maximum Gasteiger partial charge on any atom is 0.0555 e. The van der Waals surface area contributed by atoms with E-state index in [0.717, 1.165) is 18.8 Å². The van der Waals surface area contributed by atoms with Crippen LogP contribution in [0.5, 0.6) is 0 Å². The first-order valence-corrected chi connectivity index (χ1v) is 4.86. The van der Waals surface area contributed by atoms with E-state index in [4.69, 9.17) is 5.11 Å². The normalized spacial score (nSPS) is 10.1. The van der Waals surface area contributed by atoms with Gasteiger partial charge in [0, 0.05) is 25.3 Å². The number of benzene rings is 1. The van der Waals surface area contributed by atoms with Crippen molar-refractivity contribution in [2.75, 3.05) is 31.6 Å². The highest BCUT2D eigenvalue weighted by atomic mass is 16.3. The lowest BCUT2D eigenvalue weighted by molar-refractivity contribution is 0.293. The summed E-state index contributed by atoms with van der Waals surface area (Å²) in [6.45, 7) is 4.63. The summed E-state index contributed by atoms with van der Waals surface area (Å²) in [5.74, 6) is 0. The molecule has 0 aliphatic rings. The van der Waals surface area contributed by atoms with E-state index in [1.54, 1.807) is 0 Å². The molecule has 3 N–H and O–H groups in total.